The molecule has 5 rings (SSSR count). The Labute approximate surface area is 251 Å². The minimum atomic E-state index is -0.546. The van der Waals surface area contributed by atoms with Crippen LogP contribution in [0.1, 0.15) is 55.5 Å². The standard InChI is InChI=1S/C32H34ClN5O2S/c1-19-17-22(20(2)37(19)26-13-8-7-11-23(26)33)29-28(25-12-9-10-16-34-25)36-31(41)38(29)21-14-15-24(27(18-21)40-6)35-30(39)32(3,4)5/h7-18,28-29H,1-6H3,(H,35,39)(H,36,41)/t28-,29+/m1/s1. The maximum Gasteiger partial charge on any atom is 0.229 e. The number of pyridine rings is 1. The molecule has 2 N–H and O–H groups in total. The molecule has 1 saturated heterocycles. The average molecular weight is 588 g/mol. The molecule has 2 atom stereocenters. The number of carbonyl (C=O) groups excluding carboxylic acids is 1. The van der Waals surface area contributed by atoms with Gasteiger partial charge in [-0.3, -0.25) is 9.78 Å². The summed E-state index contributed by atoms with van der Waals surface area (Å²) >= 11 is 12.6. The van der Waals surface area contributed by atoms with Crippen LogP contribution in [0.5, 0.6) is 5.75 Å². The number of hydrogen-bond acceptors (Lipinski definition) is 4. The van der Waals surface area contributed by atoms with Gasteiger partial charge in [0, 0.05) is 34.8 Å². The second-order valence-corrected chi connectivity index (χ2v) is 12.0. The number of hydrogen-bond donors (Lipinski definition) is 2. The highest BCUT2D eigenvalue weighted by molar-refractivity contribution is 7.80. The van der Waals surface area contributed by atoms with Gasteiger partial charge in [0.25, 0.3) is 0 Å². The summed E-state index contributed by atoms with van der Waals surface area (Å²) in [6, 6.07) is 21.2. The molecule has 1 aliphatic rings. The number of aromatic nitrogens is 2. The lowest BCUT2D eigenvalue weighted by Gasteiger charge is -2.29. The highest BCUT2D eigenvalue weighted by Gasteiger charge is 2.42. The van der Waals surface area contributed by atoms with E-state index in [2.05, 4.69) is 45.0 Å². The van der Waals surface area contributed by atoms with Gasteiger partial charge in [0.05, 0.1) is 41.3 Å². The van der Waals surface area contributed by atoms with Gasteiger partial charge in [-0.1, -0.05) is 50.6 Å². The van der Waals surface area contributed by atoms with Gasteiger partial charge >= 0.3 is 0 Å². The predicted octanol–water partition coefficient (Wildman–Crippen LogP) is 7.31. The molecule has 9 heteroatoms. The molecule has 41 heavy (non-hydrogen) atoms. The number of anilines is 2. The molecular formula is C32H34ClN5O2S. The summed E-state index contributed by atoms with van der Waals surface area (Å²) in [7, 11) is 1.60. The van der Waals surface area contributed by atoms with Crippen molar-refractivity contribution in [3.63, 3.8) is 0 Å². The molecular weight excluding hydrogens is 554 g/mol. The average Bonchev–Trinajstić information content (AvgIpc) is 3.44. The molecule has 3 heterocycles. The van der Waals surface area contributed by atoms with Gasteiger partial charge < -0.3 is 24.8 Å². The van der Waals surface area contributed by atoms with E-state index in [1.54, 1.807) is 13.3 Å². The van der Waals surface area contributed by atoms with Gasteiger partial charge in [0.2, 0.25) is 5.91 Å². The Bertz CT molecular complexity index is 1610. The first kappa shape index (κ1) is 28.6. The number of rotatable bonds is 6. The largest absolute Gasteiger partial charge is 0.494 e. The molecule has 0 radical (unpaired) electrons. The van der Waals surface area contributed by atoms with Gasteiger partial charge in [-0.25, -0.2) is 0 Å². The first-order chi connectivity index (χ1) is 19.5. The number of nitrogens with one attached hydrogen (secondary N) is 2. The zero-order valence-corrected chi connectivity index (χ0v) is 25.6. The fraction of sp³-hybridized carbons (Fsp3) is 0.281. The van der Waals surface area contributed by atoms with Crippen molar-refractivity contribution in [1.82, 2.24) is 14.9 Å². The number of carbonyl (C=O) groups is 1. The van der Waals surface area contributed by atoms with Crippen molar-refractivity contribution in [2.75, 3.05) is 17.3 Å². The Morgan fingerprint density at radius 2 is 1.80 bits per heavy atom. The lowest BCUT2D eigenvalue weighted by atomic mass is 9.95. The lowest BCUT2D eigenvalue weighted by molar-refractivity contribution is -0.123. The SMILES string of the molecule is COc1cc(N2C(=S)N[C@H](c3ccccn3)[C@@H]2c2cc(C)n(-c3ccccc3Cl)c2C)ccc1NC(=O)C(C)(C)C. The fourth-order valence-corrected chi connectivity index (χ4v) is 5.85. The van der Waals surface area contributed by atoms with Crippen LogP contribution in [0.15, 0.2) is 72.9 Å². The second kappa shape index (κ2) is 11.2. The number of thiocarbonyl (C=S) groups is 1. The number of benzene rings is 2. The van der Waals surface area contributed by atoms with Crippen LogP contribution >= 0.6 is 23.8 Å². The summed E-state index contributed by atoms with van der Waals surface area (Å²) in [5, 5.41) is 7.77. The molecule has 2 aromatic heterocycles. The van der Waals surface area contributed by atoms with E-state index in [9.17, 15) is 4.79 Å². The monoisotopic (exact) mass is 587 g/mol. The summed E-state index contributed by atoms with van der Waals surface area (Å²) in [4.78, 5) is 19.5. The molecule has 0 unspecified atom stereocenters. The van der Waals surface area contributed by atoms with E-state index in [0.29, 0.717) is 21.6 Å². The first-order valence-electron chi connectivity index (χ1n) is 13.4. The molecule has 7 nitrogen and oxygen atoms in total. The smallest absolute Gasteiger partial charge is 0.229 e. The Kier molecular flexibility index (Phi) is 7.81. The van der Waals surface area contributed by atoms with Crippen LogP contribution < -0.4 is 20.3 Å². The summed E-state index contributed by atoms with van der Waals surface area (Å²) in [5.41, 5.74) is 5.89. The lowest BCUT2D eigenvalue weighted by Crippen LogP contribution is -2.30. The zero-order valence-electron chi connectivity index (χ0n) is 24.0. The second-order valence-electron chi connectivity index (χ2n) is 11.2. The normalized spacial score (nSPS) is 17.0. The number of methoxy groups -OCH3 is 1. The van der Waals surface area contributed by atoms with Crippen molar-refractivity contribution in [3.05, 3.63) is 101 Å². The van der Waals surface area contributed by atoms with E-state index in [4.69, 9.17) is 28.6 Å². The number of nitrogens with zero attached hydrogens (tertiary/aromatic N) is 3. The maximum atomic E-state index is 12.7. The fourth-order valence-electron chi connectivity index (χ4n) is 5.28. The van der Waals surface area contributed by atoms with E-state index in [-0.39, 0.29) is 18.0 Å². The number of amides is 1. The number of aryl methyl sites for hydroxylation is 1. The highest BCUT2D eigenvalue weighted by atomic mass is 35.5. The summed E-state index contributed by atoms with van der Waals surface area (Å²) < 4.78 is 7.91. The summed E-state index contributed by atoms with van der Waals surface area (Å²) in [6.45, 7) is 9.81. The number of halogens is 1. The van der Waals surface area contributed by atoms with Gasteiger partial charge in [0.1, 0.15) is 5.75 Å². The van der Waals surface area contributed by atoms with Crippen molar-refractivity contribution in [2.24, 2.45) is 5.41 Å². The van der Waals surface area contributed by atoms with Crippen LogP contribution in [0.3, 0.4) is 0 Å². The maximum absolute atomic E-state index is 12.7. The molecule has 1 fully saturated rings. The Balaban J connectivity index is 1.64. The Hall–Kier alpha value is -3.88. The van der Waals surface area contributed by atoms with Gasteiger partial charge in [-0.05, 0) is 74.1 Å². The molecule has 0 saturated carbocycles. The van der Waals surface area contributed by atoms with Crippen LogP contribution in [0.2, 0.25) is 5.02 Å². The zero-order chi connectivity index (χ0) is 29.5. The van der Waals surface area contributed by atoms with Crippen molar-refractivity contribution in [1.29, 1.82) is 0 Å². The molecule has 0 aliphatic carbocycles. The van der Waals surface area contributed by atoms with Crippen molar-refractivity contribution in [2.45, 2.75) is 46.7 Å². The van der Waals surface area contributed by atoms with Crippen LogP contribution in [-0.2, 0) is 4.79 Å². The molecule has 1 amide bonds. The van der Waals surface area contributed by atoms with Crippen molar-refractivity contribution in [3.8, 4) is 11.4 Å². The molecule has 0 spiro atoms. The third-order valence-corrected chi connectivity index (χ3v) is 8.01. The van der Waals surface area contributed by atoms with Gasteiger partial charge in [-0.2, -0.15) is 0 Å². The third-order valence-electron chi connectivity index (χ3n) is 7.37. The van der Waals surface area contributed by atoms with Crippen molar-refractivity contribution >= 4 is 46.2 Å². The molecule has 2 aromatic carbocycles. The third kappa shape index (κ3) is 5.42. The van der Waals surface area contributed by atoms with E-state index >= 15 is 0 Å². The van der Waals surface area contributed by atoms with E-state index < -0.39 is 5.41 Å². The summed E-state index contributed by atoms with van der Waals surface area (Å²) in [6.07, 6.45) is 1.79. The molecule has 0 bridgehead atoms. The molecule has 212 valence electrons. The van der Waals surface area contributed by atoms with Crippen LogP contribution in [0, 0.1) is 19.3 Å². The van der Waals surface area contributed by atoms with Crippen molar-refractivity contribution < 1.29 is 9.53 Å². The molecule has 4 aromatic rings. The van der Waals surface area contributed by atoms with Crippen LogP contribution in [-0.4, -0.2) is 27.7 Å². The Morgan fingerprint density at radius 1 is 1.07 bits per heavy atom. The van der Waals surface area contributed by atoms with Gasteiger partial charge in [0.15, 0.2) is 5.11 Å². The van der Waals surface area contributed by atoms with E-state index in [1.807, 2.05) is 81.4 Å². The number of ether oxygens (including phenoxy) is 1. The topological polar surface area (TPSA) is 71.4 Å². The first-order valence-corrected chi connectivity index (χ1v) is 14.2. The number of para-hydroxylation sites is 1. The predicted molar refractivity (Wildman–Crippen MR) is 169 cm³/mol. The minimum absolute atomic E-state index is 0.0954. The van der Waals surface area contributed by atoms with Crippen LogP contribution in [0.25, 0.3) is 5.69 Å². The highest BCUT2D eigenvalue weighted by Crippen LogP contribution is 2.45. The van der Waals surface area contributed by atoms with E-state index in [1.165, 1.54) is 0 Å². The van der Waals surface area contributed by atoms with Gasteiger partial charge in [-0.15, -0.1) is 0 Å². The minimum Gasteiger partial charge on any atom is -0.494 e. The quantitative estimate of drug-likeness (QED) is 0.230. The summed E-state index contributed by atoms with van der Waals surface area (Å²) in [5.74, 6) is 0.450. The molecule has 1 aliphatic heterocycles. The van der Waals surface area contributed by atoms with E-state index in [0.717, 1.165) is 34.0 Å². The Morgan fingerprint density at radius 3 is 2.46 bits per heavy atom. The van der Waals surface area contributed by atoms with Crippen LogP contribution in [0.4, 0.5) is 11.4 Å².